The molecule has 0 aromatic heterocycles. The zero-order valence-corrected chi connectivity index (χ0v) is 14.4. The Kier molecular flexibility index (Phi) is 6.02. The van der Waals surface area contributed by atoms with Gasteiger partial charge in [-0.05, 0) is 25.1 Å². The molecule has 2 amide bonds. The molecule has 0 saturated carbocycles. The van der Waals surface area contributed by atoms with Crippen molar-refractivity contribution in [1.82, 2.24) is 9.80 Å². The van der Waals surface area contributed by atoms with E-state index in [1.165, 1.54) is 13.0 Å². The van der Waals surface area contributed by atoms with E-state index < -0.39 is 0 Å². The van der Waals surface area contributed by atoms with Crippen molar-refractivity contribution >= 4 is 40.8 Å². The molecule has 0 radical (unpaired) electrons. The molecule has 7 heteroatoms. The number of hydrogen-bond donors (Lipinski definition) is 0. The lowest BCUT2D eigenvalue weighted by atomic mass is 10.1. The monoisotopic (exact) mass is 356 g/mol. The van der Waals surface area contributed by atoms with Crippen LogP contribution in [0.25, 0.3) is 0 Å². The molecule has 1 saturated heterocycles. The van der Waals surface area contributed by atoms with Gasteiger partial charge in [0.25, 0.3) is 5.91 Å². The zero-order chi connectivity index (χ0) is 17.0. The van der Waals surface area contributed by atoms with Crippen LogP contribution in [0.3, 0.4) is 0 Å². The third-order valence-electron chi connectivity index (χ3n) is 3.77. The Balaban J connectivity index is 1.92. The average Bonchev–Trinajstić information content (AvgIpc) is 2.52. The minimum Gasteiger partial charge on any atom is -0.339 e. The normalized spacial score (nSPS) is 14.7. The first-order valence-electron chi connectivity index (χ1n) is 7.40. The Hall–Kier alpha value is -1.59. The second kappa shape index (κ2) is 7.79. The Morgan fingerprint density at radius 3 is 2.17 bits per heavy atom. The molecule has 1 aromatic carbocycles. The Morgan fingerprint density at radius 2 is 1.61 bits per heavy atom. The molecule has 5 nitrogen and oxygen atoms in total. The molecule has 0 spiro atoms. The van der Waals surface area contributed by atoms with Crippen LogP contribution in [-0.2, 0) is 9.59 Å². The molecular formula is C16H18Cl2N2O3. The summed E-state index contributed by atoms with van der Waals surface area (Å²) in [4.78, 5) is 38.7. The van der Waals surface area contributed by atoms with E-state index in [0.717, 1.165) is 0 Å². The Morgan fingerprint density at radius 1 is 1.00 bits per heavy atom. The van der Waals surface area contributed by atoms with Crippen LogP contribution in [0, 0.1) is 0 Å². The van der Waals surface area contributed by atoms with Gasteiger partial charge in [0.2, 0.25) is 5.91 Å². The van der Waals surface area contributed by atoms with E-state index >= 15 is 0 Å². The summed E-state index contributed by atoms with van der Waals surface area (Å²) in [7, 11) is 0. The van der Waals surface area contributed by atoms with E-state index in [0.29, 0.717) is 41.8 Å². The highest BCUT2D eigenvalue weighted by Crippen LogP contribution is 2.22. The van der Waals surface area contributed by atoms with Gasteiger partial charge in [0.05, 0.1) is 10.6 Å². The van der Waals surface area contributed by atoms with Crippen molar-refractivity contribution in [3.05, 3.63) is 33.8 Å². The molecule has 1 aromatic rings. The molecule has 0 atom stereocenters. The summed E-state index contributed by atoms with van der Waals surface area (Å²) in [5, 5.41) is 0.801. The summed E-state index contributed by atoms with van der Waals surface area (Å²) < 4.78 is 0. The number of Topliss-reactive ketones (excluding diaryl/α,β-unsaturated/α-hetero) is 1. The predicted molar refractivity (Wildman–Crippen MR) is 88.9 cm³/mol. The van der Waals surface area contributed by atoms with Gasteiger partial charge in [-0.1, -0.05) is 23.2 Å². The molecule has 1 aliphatic rings. The maximum atomic E-state index is 12.5. The van der Waals surface area contributed by atoms with E-state index in [1.807, 2.05) is 0 Å². The van der Waals surface area contributed by atoms with Crippen molar-refractivity contribution in [2.75, 3.05) is 26.2 Å². The number of hydrogen-bond acceptors (Lipinski definition) is 3. The first-order chi connectivity index (χ1) is 10.9. The molecule has 23 heavy (non-hydrogen) atoms. The fourth-order valence-corrected chi connectivity index (χ4v) is 2.92. The first kappa shape index (κ1) is 17.8. The van der Waals surface area contributed by atoms with Gasteiger partial charge >= 0.3 is 0 Å². The number of carbonyl (C=O) groups excluding carboxylic acids is 3. The molecular weight excluding hydrogens is 339 g/mol. The van der Waals surface area contributed by atoms with Gasteiger partial charge in [-0.15, -0.1) is 0 Å². The highest BCUT2D eigenvalue weighted by atomic mass is 35.5. The number of rotatable bonds is 4. The number of amides is 2. The topological polar surface area (TPSA) is 57.7 Å². The maximum Gasteiger partial charge on any atom is 0.255 e. The summed E-state index contributed by atoms with van der Waals surface area (Å²) in [5.74, 6) is -0.205. The summed E-state index contributed by atoms with van der Waals surface area (Å²) in [6, 6.07) is 4.78. The van der Waals surface area contributed by atoms with E-state index in [1.54, 1.807) is 21.9 Å². The lowest BCUT2D eigenvalue weighted by molar-refractivity contribution is -0.134. The van der Waals surface area contributed by atoms with Crippen LogP contribution in [0.4, 0.5) is 0 Å². The number of carbonyl (C=O) groups is 3. The summed E-state index contributed by atoms with van der Waals surface area (Å²) in [6.07, 6.45) is 0.491. The number of benzene rings is 1. The van der Waals surface area contributed by atoms with Gasteiger partial charge in [0.15, 0.2) is 0 Å². The van der Waals surface area contributed by atoms with Crippen LogP contribution in [0.2, 0.25) is 10.0 Å². The van der Waals surface area contributed by atoms with Crippen LogP contribution in [0.15, 0.2) is 18.2 Å². The van der Waals surface area contributed by atoms with Crippen molar-refractivity contribution in [2.45, 2.75) is 19.8 Å². The Bertz CT molecular complexity index is 626. The van der Waals surface area contributed by atoms with Gasteiger partial charge in [-0.25, -0.2) is 0 Å². The molecule has 2 rings (SSSR count). The second-order valence-electron chi connectivity index (χ2n) is 5.50. The molecule has 0 aliphatic carbocycles. The van der Waals surface area contributed by atoms with Gasteiger partial charge < -0.3 is 14.6 Å². The number of ketones is 1. The van der Waals surface area contributed by atoms with Crippen LogP contribution >= 0.6 is 23.2 Å². The molecule has 1 aliphatic heterocycles. The van der Waals surface area contributed by atoms with E-state index in [9.17, 15) is 14.4 Å². The molecule has 0 unspecified atom stereocenters. The second-order valence-corrected chi connectivity index (χ2v) is 6.34. The fourth-order valence-electron chi connectivity index (χ4n) is 2.43. The fraction of sp³-hybridized carbons (Fsp3) is 0.438. The standard InChI is InChI=1S/C16H18Cl2N2O3/c1-11(21)2-5-15(22)19-6-8-20(9-7-19)16(23)13-4-3-12(17)10-14(13)18/h3-4,10H,2,5-9H2,1H3. The molecule has 1 fully saturated rings. The SMILES string of the molecule is CC(=O)CCC(=O)N1CCN(C(=O)c2ccc(Cl)cc2Cl)CC1. The lowest BCUT2D eigenvalue weighted by Gasteiger charge is -2.35. The third kappa shape index (κ3) is 4.69. The van der Waals surface area contributed by atoms with E-state index in [2.05, 4.69) is 0 Å². The van der Waals surface area contributed by atoms with Gasteiger partial charge in [0.1, 0.15) is 5.78 Å². The zero-order valence-electron chi connectivity index (χ0n) is 12.8. The van der Waals surface area contributed by atoms with E-state index in [-0.39, 0.29) is 30.4 Å². The number of piperazine rings is 1. The van der Waals surface area contributed by atoms with Gasteiger partial charge in [-0.2, -0.15) is 0 Å². The highest BCUT2D eigenvalue weighted by Gasteiger charge is 2.25. The largest absolute Gasteiger partial charge is 0.339 e. The first-order valence-corrected chi connectivity index (χ1v) is 8.15. The molecule has 0 N–H and O–H groups in total. The van der Waals surface area contributed by atoms with Crippen molar-refractivity contribution in [3.63, 3.8) is 0 Å². The third-order valence-corrected chi connectivity index (χ3v) is 4.32. The highest BCUT2D eigenvalue weighted by molar-refractivity contribution is 6.36. The quantitative estimate of drug-likeness (QED) is 0.833. The number of halogens is 2. The smallest absolute Gasteiger partial charge is 0.255 e. The number of nitrogens with zero attached hydrogens (tertiary/aromatic N) is 2. The van der Waals surface area contributed by atoms with Crippen LogP contribution in [-0.4, -0.2) is 53.6 Å². The Labute approximate surface area is 145 Å². The van der Waals surface area contributed by atoms with E-state index in [4.69, 9.17) is 23.2 Å². The van der Waals surface area contributed by atoms with Crippen molar-refractivity contribution < 1.29 is 14.4 Å². The van der Waals surface area contributed by atoms with Crippen molar-refractivity contribution in [2.24, 2.45) is 0 Å². The minimum atomic E-state index is -0.164. The van der Waals surface area contributed by atoms with Gasteiger partial charge in [-0.3, -0.25) is 9.59 Å². The molecule has 1 heterocycles. The summed E-state index contributed by atoms with van der Waals surface area (Å²) >= 11 is 11.9. The van der Waals surface area contributed by atoms with Crippen LogP contribution in [0.1, 0.15) is 30.1 Å². The van der Waals surface area contributed by atoms with Crippen molar-refractivity contribution in [3.8, 4) is 0 Å². The molecule has 0 bridgehead atoms. The summed E-state index contributed by atoms with van der Waals surface area (Å²) in [5.41, 5.74) is 0.410. The lowest BCUT2D eigenvalue weighted by Crippen LogP contribution is -2.50. The minimum absolute atomic E-state index is 0.00421. The summed E-state index contributed by atoms with van der Waals surface area (Å²) in [6.45, 7) is 3.30. The average molecular weight is 357 g/mol. The maximum absolute atomic E-state index is 12.5. The predicted octanol–water partition coefficient (Wildman–Crippen LogP) is 2.65. The van der Waals surface area contributed by atoms with Crippen molar-refractivity contribution in [1.29, 1.82) is 0 Å². The van der Waals surface area contributed by atoms with Gasteiger partial charge in [0, 0.05) is 44.0 Å². The molecule has 124 valence electrons. The van der Waals surface area contributed by atoms with Crippen LogP contribution < -0.4 is 0 Å². The van der Waals surface area contributed by atoms with Crippen LogP contribution in [0.5, 0.6) is 0 Å².